The van der Waals surface area contributed by atoms with Crippen LogP contribution in [0.15, 0.2) is 24.3 Å². The minimum atomic E-state index is -0.938. The van der Waals surface area contributed by atoms with Crippen molar-refractivity contribution in [1.82, 2.24) is 0 Å². The molecule has 122 valence electrons. The maximum absolute atomic E-state index is 6.28. The van der Waals surface area contributed by atoms with Crippen molar-refractivity contribution in [3.63, 3.8) is 0 Å². The molecule has 0 radical (unpaired) electrons. The van der Waals surface area contributed by atoms with Crippen molar-refractivity contribution in [3.05, 3.63) is 24.3 Å². The maximum Gasteiger partial charge on any atom is 2.00 e. The van der Waals surface area contributed by atoms with Crippen LogP contribution >= 0.6 is 31.1 Å². The molecule has 0 amide bonds. The predicted octanol–water partition coefficient (Wildman–Crippen LogP) is 4.97. The first kappa shape index (κ1) is 21.7. The van der Waals surface area contributed by atoms with Gasteiger partial charge in [0, 0.05) is 27.7 Å². The molecule has 0 aliphatic heterocycles. The Kier molecular flexibility index (Phi) is 8.25. The molecule has 0 heterocycles. The number of alkyl halides is 2. The van der Waals surface area contributed by atoms with Crippen LogP contribution in [0.5, 0.6) is 0 Å². The van der Waals surface area contributed by atoms with Crippen LogP contribution < -0.4 is 10.2 Å². The van der Waals surface area contributed by atoms with Crippen LogP contribution in [0.25, 0.3) is 0 Å². The van der Waals surface area contributed by atoms with Crippen molar-refractivity contribution < 1.29 is 20.4 Å². The number of hydrogen-bond acceptors (Lipinski definition) is 1. The van der Waals surface area contributed by atoms with Crippen molar-refractivity contribution in [2.45, 2.75) is 49.8 Å². The molecule has 1 rings (SSSR count). The van der Waals surface area contributed by atoms with E-state index in [1.54, 1.807) is 0 Å². The smallest absolute Gasteiger partial charge is 0.378 e. The molecule has 0 saturated heterocycles. The van der Waals surface area contributed by atoms with Gasteiger partial charge in [-0.15, -0.1) is 23.2 Å². The SMILES string of the molecule is CN(C)c1ccc([PH+](C(C)(C)C)C(C)(C)C(Cl)Cl)cc1.[Pd+2]. The van der Waals surface area contributed by atoms with Crippen molar-refractivity contribution in [2.24, 2.45) is 0 Å². The molecule has 0 fully saturated rings. The van der Waals surface area contributed by atoms with Gasteiger partial charge in [-0.1, -0.05) is 0 Å². The number of anilines is 1. The number of benzene rings is 1. The van der Waals surface area contributed by atoms with Crippen LogP contribution in [0.1, 0.15) is 34.6 Å². The predicted molar refractivity (Wildman–Crippen MR) is 98.0 cm³/mol. The van der Waals surface area contributed by atoms with Gasteiger partial charge in [-0.25, -0.2) is 0 Å². The average molecular weight is 442 g/mol. The summed E-state index contributed by atoms with van der Waals surface area (Å²) in [7, 11) is 3.18. The van der Waals surface area contributed by atoms with E-state index >= 15 is 0 Å². The molecule has 1 aromatic carbocycles. The summed E-state index contributed by atoms with van der Waals surface area (Å²) >= 11 is 12.6. The fraction of sp³-hybridized carbons (Fsp3) is 0.625. The van der Waals surface area contributed by atoms with E-state index in [0.29, 0.717) is 0 Å². The van der Waals surface area contributed by atoms with Crippen LogP contribution in [0.2, 0.25) is 0 Å². The van der Waals surface area contributed by atoms with Gasteiger partial charge in [0.15, 0.2) is 0 Å². The Balaban J connectivity index is 0.00000400. The van der Waals surface area contributed by atoms with Crippen LogP contribution in [-0.4, -0.2) is 29.2 Å². The van der Waals surface area contributed by atoms with E-state index in [4.69, 9.17) is 23.2 Å². The summed E-state index contributed by atoms with van der Waals surface area (Å²) < 4.78 is 0. The summed E-state index contributed by atoms with van der Waals surface area (Å²) in [5.41, 5.74) is 1.22. The van der Waals surface area contributed by atoms with Crippen LogP contribution in [0, 0.1) is 0 Å². The first-order valence-corrected chi connectivity index (χ1v) is 9.29. The third-order valence-electron chi connectivity index (χ3n) is 3.61. The number of rotatable bonds is 4. The third kappa shape index (κ3) is 5.37. The van der Waals surface area contributed by atoms with Gasteiger partial charge in [0.25, 0.3) is 0 Å². The molecule has 0 aliphatic carbocycles. The minimum Gasteiger partial charge on any atom is -0.378 e. The van der Waals surface area contributed by atoms with Crippen LogP contribution in [0.3, 0.4) is 0 Å². The van der Waals surface area contributed by atoms with Gasteiger partial charge in [0.05, 0.1) is 10.5 Å². The van der Waals surface area contributed by atoms with Crippen molar-refractivity contribution in [1.29, 1.82) is 0 Å². The molecule has 1 nitrogen and oxygen atoms in total. The standard InChI is InChI=1S/C16H26Cl2NP.Pd/c1-15(2,3)20(16(4,5)14(17)18)13-10-8-12(9-11-13)19(6)7;/h8-11,14H,1-7H3;/q;+2/p+1. The summed E-state index contributed by atoms with van der Waals surface area (Å²) in [6.45, 7) is 11.3. The number of nitrogens with zero attached hydrogens (tertiary/aromatic N) is 1. The van der Waals surface area contributed by atoms with Gasteiger partial charge >= 0.3 is 20.4 Å². The van der Waals surface area contributed by atoms with E-state index in [9.17, 15) is 0 Å². The zero-order valence-electron chi connectivity index (χ0n) is 13.9. The molecule has 0 spiro atoms. The first-order valence-electron chi connectivity index (χ1n) is 6.91. The first-order chi connectivity index (χ1) is 8.98. The maximum atomic E-state index is 6.28. The molecule has 0 N–H and O–H groups in total. The van der Waals surface area contributed by atoms with Gasteiger partial charge in [-0.3, -0.25) is 0 Å². The Morgan fingerprint density at radius 1 is 0.952 bits per heavy atom. The molecule has 21 heavy (non-hydrogen) atoms. The topological polar surface area (TPSA) is 3.24 Å². The zero-order valence-corrected chi connectivity index (χ0v) is 18.0. The molecule has 0 aliphatic rings. The molecule has 1 unspecified atom stereocenters. The van der Waals surface area contributed by atoms with Gasteiger partial charge in [-0.05, 0) is 58.9 Å². The molecular weight excluding hydrogens is 414 g/mol. The third-order valence-corrected chi connectivity index (χ3v) is 9.06. The van der Waals surface area contributed by atoms with Crippen LogP contribution in [0.4, 0.5) is 5.69 Å². The molecule has 5 heteroatoms. The van der Waals surface area contributed by atoms with Gasteiger partial charge in [-0.2, -0.15) is 0 Å². The Bertz CT molecular complexity index is 439. The van der Waals surface area contributed by atoms with Crippen molar-refractivity contribution >= 4 is 42.1 Å². The van der Waals surface area contributed by atoms with Crippen LogP contribution in [-0.2, 0) is 20.4 Å². The second-order valence-electron chi connectivity index (χ2n) is 7.09. The van der Waals surface area contributed by atoms with E-state index in [2.05, 4.69) is 77.9 Å². The summed E-state index contributed by atoms with van der Waals surface area (Å²) in [5, 5.41) is 1.49. The fourth-order valence-electron chi connectivity index (χ4n) is 2.81. The van der Waals surface area contributed by atoms with E-state index in [1.165, 1.54) is 11.0 Å². The van der Waals surface area contributed by atoms with E-state index in [0.717, 1.165) is 0 Å². The van der Waals surface area contributed by atoms with E-state index in [1.807, 2.05) is 0 Å². The Hall–Kier alpha value is 0.692. The molecule has 1 aromatic rings. The number of hydrogen-bond donors (Lipinski definition) is 0. The molecule has 0 aromatic heterocycles. The average Bonchev–Trinajstić information content (AvgIpc) is 2.27. The van der Waals surface area contributed by atoms with E-state index in [-0.39, 0.29) is 35.6 Å². The van der Waals surface area contributed by atoms with Gasteiger partial charge < -0.3 is 4.90 Å². The molecular formula is C16H27Cl2NPPd+3. The largest absolute Gasteiger partial charge is 2.00 e. The second kappa shape index (κ2) is 7.99. The fourth-order valence-corrected chi connectivity index (χ4v) is 7.72. The van der Waals surface area contributed by atoms with Gasteiger partial charge in [0.1, 0.15) is 9.99 Å². The zero-order chi connectivity index (χ0) is 15.7. The summed E-state index contributed by atoms with van der Waals surface area (Å²) in [6, 6.07) is 8.85. The summed E-state index contributed by atoms with van der Waals surface area (Å²) in [6.07, 6.45) is 0. The monoisotopic (exact) mass is 440 g/mol. The second-order valence-corrected chi connectivity index (χ2v) is 12.3. The van der Waals surface area contributed by atoms with Crippen molar-refractivity contribution in [3.8, 4) is 0 Å². The van der Waals surface area contributed by atoms with Gasteiger partial charge in [0.2, 0.25) is 0 Å². The van der Waals surface area contributed by atoms with E-state index < -0.39 is 7.92 Å². The molecule has 0 bridgehead atoms. The Labute approximate surface area is 155 Å². The summed E-state index contributed by atoms with van der Waals surface area (Å²) in [5.74, 6) is 0. The minimum absolute atomic E-state index is 0. The molecule has 0 saturated carbocycles. The van der Waals surface area contributed by atoms with Crippen molar-refractivity contribution in [2.75, 3.05) is 19.0 Å². The number of halogens is 2. The quantitative estimate of drug-likeness (QED) is 0.362. The molecule has 1 atom stereocenters. The summed E-state index contributed by atoms with van der Waals surface area (Å²) in [4.78, 5) is 1.76. The normalized spacial score (nSPS) is 13.8. The Morgan fingerprint density at radius 2 is 1.38 bits per heavy atom. The Morgan fingerprint density at radius 3 is 1.67 bits per heavy atom.